The molecule has 3 aromatic rings. The van der Waals surface area contributed by atoms with Gasteiger partial charge in [0.15, 0.2) is 0 Å². The lowest BCUT2D eigenvalue weighted by molar-refractivity contribution is 0.102. The van der Waals surface area contributed by atoms with E-state index in [-0.39, 0.29) is 5.91 Å². The van der Waals surface area contributed by atoms with Gasteiger partial charge in [-0.25, -0.2) is 0 Å². The quantitative estimate of drug-likeness (QED) is 0.742. The van der Waals surface area contributed by atoms with Crippen LogP contribution in [0.5, 0.6) is 0 Å². The van der Waals surface area contributed by atoms with Gasteiger partial charge in [0.05, 0.1) is 0 Å². The summed E-state index contributed by atoms with van der Waals surface area (Å²) < 4.78 is 6.05. The molecule has 1 aliphatic carbocycles. The molecule has 2 heterocycles. The molecular formula is C20H20N2O2. The molecule has 1 aromatic carbocycles. The number of nitrogens with one attached hydrogen (secondary N) is 1. The van der Waals surface area contributed by atoms with E-state index in [2.05, 4.69) is 10.3 Å². The first-order valence-electron chi connectivity index (χ1n) is 8.57. The lowest BCUT2D eigenvalue weighted by Crippen LogP contribution is -2.11. The largest absolute Gasteiger partial charge is 0.461 e. The van der Waals surface area contributed by atoms with Crippen LogP contribution in [0, 0.1) is 0 Å². The summed E-state index contributed by atoms with van der Waals surface area (Å²) in [6, 6.07) is 9.32. The number of hydrogen-bond donors (Lipinski definition) is 1. The normalized spacial score (nSPS) is 14.7. The minimum absolute atomic E-state index is 0.122. The van der Waals surface area contributed by atoms with Crippen molar-refractivity contribution in [3.05, 3.63) is 59.6 Å². The van der Waals surface area contributed by atoms with Crippen molar-refractivity contribution in [3.63, 3.8) is 0 Å². The van der Waals surface area contributed by atoms with Crippen LogP contribution < -0.4 is 5.32 Å². The number of rotatable bonds is 2. The summed E-state index contributed by atoms with van der Waals surface area (Å²) in [6.07, 6.45) is 10.3. The van der Waals surface area contributed by atoms with E-state index < -0.39 is 0 Å². The van der Waals surface area contributed by atoms with Gasteiger partial charge in [-0.15, -0.1) is 0 Å². The molecule has 24 heavy (non-hydrogen) atoms. The molecule has 0 saturated heterocycles. The maximum absolute atomic E-state index is 12.3. The zero-order chi connectivity index (χ0) is 16.4. The maximum atomic E-state index is 12.3. The van der Waals surface area contributed by atoms with Crippen LogP contribution in [-0.2, 0) is 12.8 Å². The Bertz CT molecular complexity index is 868. The van der Waals surface area contributed by atoms with Crippen LogP contribution in [0.3, 0.4) is 0 Å². The third-order valence-electron chi connectivity index (χ3n) is 4.66. The summed E-state index contributed by atoms with van der Waals surface area (Å²) in [7, 11) is 0. The van der Waals surface area contributed by atoms with Gasteiger partial charge >= 0.3 is 0 Å². The van der Waals surface area contributed by atoms with Crippen LogP contribution in [0.4, 0.5) is 5.69 Å². The average Bonchev–Trinajstić information content (AvgIpc) is 2.91. The van der Waals surface area contributed by atoms with E-state index in [0.29, 0.717) is 5.56 Å². The lowest BCUT2D eigenvalue weighted by atomic mass is 9.97. The van der Waals surface area contributed by atoms with Crippen LogP contribution in [0.25, 0.3) is 11.0 Å². The van der Waals surface area contributed by atoms with Crippen molar-refractivity contribution < 1.29 is 9.21 Å². The van der Waals surface area contributed by atoms with Gasteiger partial charge in [-0.3, -0.25) is 9.78 Å². The summed E-state index contributed by atoms with van der Waals surface area (Å²) in [6.45, 7) is 0. The SMILES string of the molecule is O=C(Nc1ccc2oc3c(c2c1)CCCCCC3)c1ccncc1. The molecule has 122 valence electrons. The van der Waals surface area contributed by atoms with Crippen molar-refractivity contribution in [2.75, 3.05) is 5.32 Å². The molecule has 4 heteroatoms. The Kier molecular flexibility index (Phi) is 4.03. The van der Waals surface area contributed by atoms with Gasteiger partial charge in [-0.2, -0.15) is 0 Å². The fourth-order valence-electron chi connectivity index (χ4n) is 3.40. The molecule has 1 amide bonds. The number of aromatic nitrogens is 1. The molecular weight excluding hydrogens is 300 g/mol. The van der Waals surface area contributed by atoms with Crippen LogP contribution in [-0.4, -0.2) is 10.9 Å². The minimum Gasteiger partial charge on any atom is -0.461 e. The smallest absolute Gasteiger partial charge is 0.255 e. The number of fused-ring (bicyclic) bond motifs is 3. The van der Waals surface area contributed by atoms with E-state index in [4.69, 9.17) is 4.42 Å². The van der Waals surface area contributed by atoms with Crippen LogP contribution in [0.2, 0.25) is 0 Å². The number of amides is 1. The number of aryl methyl sites for hydroxylation is 2. The Labute approximate surface area is 140 Å². The van der Waals surface area contributed by atoms with Gasteiger partial charge in [-0.05, 0) is 49.6 Å². The molecule has 0 saturated carbocycles. The minimum atomic E-state index is -0.122. The Balaban J connectivity index is 1.65. The molecule has 1 N–H and O–H groups in total. The molecule has 0 fully saturated rings. The fraction of sp³-hybridized carbons (Fsp3) is 0.300. The monoisotopic (exact) mass is 320 g/mol. The summed E-state index contributed by atoms with van der Waals surface area (Å²) >= 11 is 0. The van der Waals surface area contributed by atoms with Crippen LogP contribution in [0.15, 0.2) is 47.1 Å². The number of furan rings is 1. The van der Waals surface area contributed by atoms with Gasteiger partial charge in [0, 0.05) is 41.0 Å². The third kappa shape index (κ3) is 2.92. The first kappa shape index (κ1) is 14.9. The highest BCUT2D eigenvalue weighted by Crippen LogP contribution is 2.32. The third-order valence-corrected chi connectivity index (χ3v) is 4.66. The van der Waals surface area contributed by atoms with Gasteiger partial charge in [-0.1, -0.05) is 12.8 Å². The molecule has 4 rings (SSSR count). The lowest BCUT2D eigenvalue weighted by Gasteiger charge is -2.08. The van der Waals surface area contributed by atoms with E-state index in [1.54, 1.807) is 24.5 Å². The first-order chi connectivity index (χ1) is 11.8. The van der Waals surface area contributed by atoms with E-state index >= 15 is 0 Å². The van der Waals surface area contributed by atoms with Crippen molar-refractivity contribution in [1.29, 1.82) is 0 Å². The molecule has 4 nitrogen and oxygen atoms in total. The van der Waals surface area contributed by atoms with Crippen molar-refractivity contribution in [1.82, 2.24) is 4.98 Å². The summed E-state index contributed by atoms with van der Waals surface area (Å²) in [5, 5.41) is 4.10. The average molecular weight is 320 g/mol. The van der Waals surface area contributed by atoms with E-state index in [1.807, 2.05) is 18.2 Å². The van der Waals surface area contributed by atoms with E-state index in [9.17, 15) is 4.79 Å². The Morgan fingerprint density at radius 3 is 2.62 bits per heavy atom. The molecule has 1 aliphatic rings. The number of hydrogen-bond acceptors (Lipinski definition) is 3. The van der Waals surface area contributed by atoms with Crippen molar-refractivity contribution in [3.8, 4) is 0 Å². The summed E-state index contributed by atoms with van der Waals surface area (Å²) in [5.41, 5.74) is 3.65. The zero-order valence-corrected chi connectivity index (χ0v) is 13.5. The highest BCUT2D eigenvalue weighted by molar-refractivity contribution is 6.05. The number of benzene rings is 1. The number of carbonyl (C=O) groups excluding carboxylic acids is 1. The predicted octanol–water partition coefficient (Wildman–Crippen LogP) is 4.74. The fourth-order valence-corrected chi connectivity index (χ4v) is 3.40. The molecule has 0 radical (unpaired) electrons. The van der Waals surface area contributed by atoms with Gasteiger partial charge < -0.3 is 9.73 Å². The van der Waals surface area contributed by atoms with Gasteiger partial charge in [0.1, 0.15) is 11.3 Å². The van der Waals surface area contributed by atoms with E-state index in [0.717, 1.165) is 35.3 Å². The number of nitrogens with zero attached hydrogens (tertiary/aromatic N) is 1. The van der Waals surface area contributed by atoms with Crippen molar-refractivity contribution >= 4 is 22.6 Å². The molecule has 0 aliphatic heterocycles. The van der Waals surface area contributed by atoms with Gasteiger partial charge in [0.25, 0.3) is 5.91 Å². The molecule has 2 aromatic heterocycles. The maximum Gasteiger partial charge on any atom is 0.255 e. The highest BCUT2D eigenvalue weighted by atomic mass is 16.3. The molecule has 0 unspecified atom stereocenters. The first-order valence-corrected chi connectivity index (χ1v) is 8.57. The second-order valence-electron chi connectivity index (χ2n) is 6.32. The number of anilines is 1. The Morgan fingerprint density at radius 1 is 1.00 bits per heavy atom. The molecule has 0 bridgehead atoms. The summed E-state index contributed by atoms with van der Waals surface area (Å²) in [5.74, 6) is 1.01. The Hall–Kier alpha value is -2.62. The molecule has 0 spiro atoms. The van der Waals surface area contributed by atoms with Crippen LogP contribution >= 0.6 is 0 Å². The number of pyridine rings is 1. The van der Waals surface area contributed by atoms with E-state index in [1.165, 1.54) is 31.2 Å². The van der Waals surface area contributed by atoms with Gasteiger partial charge in [0.2, 0.25) is 0 Å². The second-order valence-corrected chi connectivity index (χ2v) is 6.32. The molecule has 0 atom stereocenters. The van der Waals surface area contributed by atoms with Crippen molar-refractivity contribution in [2.24, 2.45) is 0 Å². The second kappa shape index (κ2) is 6.48. The predicted molar refractivity (Wildman–Crippen MR) is 94.3 cm³/mol. The zero-order valence-electron chi connectivity index (χ0n) is 13.5. The number of carbonyl (C=O) groups is 1. The van der Waals surface area contributed by atoms with Crippen molar-refractivity contribution in [2.45, 2.75) is 38.5 Å². The standard InChI is InChI=1S/C20H20N2O2/c23-20(14-9-11-21-12-10-14)22-15-7-8-19-17(13-15)16-5-3-1-2-4-6-18(16)24-19/h7-13H,1-6H2,(H,22,23). The summed E-state index contributed by atoms with van der Waals surface area (Å²) in [4.78, 5) is 16.3. The topological polar surface area (TPSA) is 55.1 Å². The Morgan fingerprint density at radius 2 is 1.79 bits per heavy atom. The highest BCUT2D eigenvalue weighted by Gasteiger charge is 2.16. The van der Waals surface area contributed by atoms with Crippen LogP contribution in [0.1, 0.15) is 47.4 Å².